The van der Waals surface area contributed by atoms with E-state index in [1.54, 1.807) is 13.0 Å². The number of nitrogens with one attached hydrogen (secondary N) is 2. The van der Waals surface area contributed by atoms with E-state index in [9.17, 15) is 14.0 Å². The third-order valence-corrected chi connectivity index (χ3v) is 3.25. The number of amides is 2. The van der Waals surface area contributed by atoms with Crippen molar-refractivity contribution in [1.29, 1.82) is 0 Å². The summed E-state index contributed by atoms with van der Waals surface area (Å²) in [6, 6.07) is 5.54. The zero-order valence-corrected chi connectivity index (χ0v) is 11.1. The van der Waals surface area contributed by atoms with E-state index in [4.69, 9.17) is 4.52 Å². The fourth-order valence-electron chi connectivity index (χ4n) is 2.31. The topological polar surface area (TPSA) is 84.2 Å². The minimum Gasteiger partial charge on any atom is -0.360 e. The van der Waals surface area contributed by atoms with E-state index >= 15 is 0 Å². The van der Waals surface area contributed by atoms with E-state index in [1.165, 1.54) is 18.2 Å². The Kier molecular flexibility index (Phi) is 3.17. The molecular weight excluding hydrogens is 277 g/mol. The molecule has 0 bridgehead atoms. The molecule has 1 aromatic carbocycles. The summed E-state index contributed by atoms with van der Waals surface area (Å²) in [5.41, 5.74) is 0.899. The Labute approximate surface area is 119 Å². The lowest BCUT2D eigenvalue weighted by Gasteiger charge is -2.24. The smallest absolute Gasteiger partial charge is 0.233 e. The van der Waals surface area contributed by atoms with Crippen LogP contribution in [0.4, 0.5) is 15.9 Å². The van der Waals surface area contributed by atoms with Crippen molar-refractivity contribution in [3.8, 4) is 0 Å². The fourth-order valence-corrected chi connectivity index (χ4v) is 2.31. The van der Waals surface area contributed by atoms with Gasteiger partial charge in [0.05, 0.1) is 5.92 Å². The van der Waals surface area contributed by atoms with Crippen molar-refractivity contribution >= 4 is 23.3 Å². The summed E-state index contributed by atoms with van der Waals surface area (Å²) in [6.07, 6.45) is 0.00129. The number of carbonyl (C=O) groups excluding carboxylic acids is 2. The molecule has 1 unspecified atom stereocenters. The van der Waals surface area contributed by atoms with E-state index < -0.39 is 11.7 Å². The molecule has 0 saturated heterocycles. The van der Waals surface area contributed by atoms with Crippen molar-refractivity contribution in [2.75, 3.05) is 10.6 Å². The monoisotopic (exact) mass is 289 g/mol. The van der Waals surface area contributed by atoms with Crippen LogP contribution in [0.5, 0.6) is 0 Å². The molecule has 2 N–H and O–H groups in total. The van der Waals surface area contributed by atoms with Crippen LogP contribution in [0.1, 0.15) is 23.7 Å². The average Bonchev–Trinajstić information content (AvgIpc) is 2.82. The maximum Gasteiger partial charge on any atom is 0.233 e. The number of hydrogen-bond acceptors (Lipinski definition) is 4. The van der Waals surface area contributed by atoms with E-state index in [2.05, 4.69) is 15.8 Å². The number of anilines is 2. The number of hydrogen-bond donors (Lipinski definition) is 2. The SMILES string of the molecule is Cc1cc(NC(=O)C2CC(=O)Nc3cc(F)ccc32)no1. The number of halogens is 1. The molecular formula is C14H12FN3O3. The number of fused-ring (bicyclic) bond motifs is 1. The van der Waals surface area contributed by atoms with Crippen LogP contribution in [-0.4, -0.2) is 17.0 Å². The zero-order chi connectivity index (χ0) is 15.0. The standard InChI is InChI=1S/C14H12FN3O3/c1-7-4-12(18-21-7)17-14(20)10-6-13(19)16-11-5-8(15)2-3-9(10)11/h2-5,10H,6H2,1H3,(H,16,19)(H,17,18,20). The summed E-state index contributed by atoms with van der Waals surface area (Å²) >= 11 is 0. The molecule has 1 atom stereocenters. The summed E-state index contributed by atoms with van der Waals surface area (Å²) < 4.78 is 18.1. The predicted octanol–water partition coefficient (Wildman–Crippen LogP) is 2.19. The van der Waals surface area contributed by atoms with Crippen molar-refractivity contribution in [3.05, 3.63) is 41.4 Å². The van der Waals surface area contributed by atoms with Crippen molar-refractivity contribution in [2.45, 2.75) is 19.3 Å². The van der Waals surface area contributed by atoms with E-state index in [1.807, 2.05) is 0 Å². The van der Waals surface area contributed by atoms with Gasteiger partial charge in [-0.2, -0.15) is 0 Å². The van der Waals surface area contributed by atoms with Gasteiger partial charge in [-0.15, -0.1) is 0 Å². The molecule has 0 aliphatic carbocycles. The first-order valence-electron chi connectivity index (χ1n) is 6.36. The fraction of sp³-hybridized carbons (Fsp3) is 0.214. The Morgan fingerprint density at radius 1 is 1.48 bits per heavy atom. The van der Waals surface area contributed by atoms with Crippen molar-refractivity contribution < 1.29 is 18.5 Å². The number of aromatic nitrogens is 1. The lowest BCUT2D eigenvalue weighted by molar-refractivity contribution is -0.123. The van der Waals surface area contributed by atoms with Gasteiger partial charge in [-0.05, 0) is 24.6 Å². The molecule has 108 valence electrons. The molecule has 7 heteroatoms. The highest BCUT2D eigenvalue weighted by molar-refractivity contribution is 6.04. The second kappa shape index (κ2) is 5.01. The third kappa shape index (κ3) is 2.62. The molecule has 1 aromatic heterocycles. The van der Waals surface area contributed by atoms with Crippen LogP contribution >= 0.6 is 0 Å². The molecule has 1 aliphatic heterocycles. The molecule has 3 rings (SSSR count). The summed E-state index contributed by atoms with van der Waals surface area (Å²) in [5.74, 6) is -1.02. The molecule has 2 heterocycles. The first-order valence-corrected chi connectivity index (χ1v) is 6.36. The van der Waals surface area contributed by atoms with Gasteiger partial charge in [0, 0.05) is 18.2 Å². The summed E-state index contributed by atoms with van der Waals surface area (Å²) in [6.45, 7) is 1.70. The summed E-state index contributed by atoms with van der Waals surface area (Å²) in [7, 11) is 0. The maximum atomic E-state index is 13.2. The van der Waals surface area contributed by atoms with Gasteiger partial charge in [0.2, 0.25) is 11.8 Å². The quantitative estimate of drug-likeness (QED) is 0.887. The van der Waals surface area contributed by atoms with Crippen LogP contribution in [0.15, 0.2) is 28.8 Å². The van der Waals surface area contributed by atoms with Crippen LogP contribution in [-0.2, 0) is 9.59 Å². The Bertz CT molecular complexity index is 726. The Hall–Kier alpha value is -2.70. The van der Waals surface area contributed by atoms with Crippen LogP contribution in [0.25, 0.3) is 0 Å². The highest BCUT2D eigenvalue weighted by Gasteiger charge is 2.31. The second-order valence-corrected chi connectivity index (χ2v) is 4.85. The van der Waals surface area contributed by atoms with Crippen LogP contribution < -0.4 is 10.6 Å². The first kappa shape index (κ1) is 13.3. The number of benzene rings is 1. The Morgan fingerprint density at radius 2 is 2.29 bits per heavy atom. The van der Waals surface area contributed by atoms with E-state index in [0.717, 1.165) is 0 Å². The van der Waals surface area contributed by atoms with E-state index in [-0.39, 0.29) is 24.1 Å². The minimum absolute atomic E-state index is 0.00129. The van der Waals surface area contributed by atoms with Crippen molar-refractivity contribution in [3.63, 3.8) is 0 Å². The molecule has 2 amide bonds. The number of aryl methyl sites for hydroxylation is 1. The van der Waals surface area contributed by atoms with Gasteiger partial charge in [0.15, 0.2) is 5.82 Å². The van der Waals surface area contributed by atoms with Gasteiger partial charge in [0.25, 0.3) is 0 Å². The van der Waals surface area contributed by atoms with Gasteiger partial charge in [0.1, 0.15) is 11.6 Å². The van der Waals surface area contributed by atoms with Gasteiger partial charge in [-0.25, -0.2) is 4.39 Å². The molecule has 0 radical (unpaired) electrons. The molecule has 1 aliphatic rings. The lowest BCUT2D eigenvalue weighted by Crippen LogP contribution is -2.31. The van der Waals surface area contributed by atoms with Crippen LogP contribution in [0.2, 0.25) is 0 Å². The van der Waals surface area contributed by atoms with Crippen LogP contribution in [0.3, 0.4) is 0 Å². The Morgan fingerprint density at radius 3 is 3.00 bits per heavy atom. The van der Waals surface area contributed by atoms with Gasteiger partial charge < -0.3 is 15.2 Å². The average molecular weight is 289 g/mol. The maximum absolute atomic E-state index is 13.2. The lowest BCUT2D eigenvalue weighted by atomic mass is 9.89. The first-order chi connectivity index (χ1) is 10.0. The zero-order valence-electron chi connectivity index (χ0n) is 11.1. The van der Waals surface area contributed by atoms with Crippen molar-refractivity contribution in [1.82, 2.24) is 5.16 Å². The predicted molar refractivity (Wildman–Crippen MR) is 72.3 cm³/mol. The van der Waals surface area contributed by atoms with Gasteiger partial charge in [-0.1, -0.05) is 11.2 Å². The second-order valence-electron chi connectivity index (χ2n) is 4.85. The molecule has 21 heavy (non-hydrogen) atoms. The molecule has 6 nitrogen and oxygen atoms in total. The number of carbonyl (C=O) groups is 2. The summed E-state index contributed by atoms with van der Waals surface area (Å²) in [5, 5.41) is 8.82. The summed E-state index contributed by atoms with van der Waals surface area (Å²) in [4.78, 5) is 24.0. The molecule has 0 saturated carbocycles. The number of rotatable bonds is 2. The minimum atomic E-state index is -0.689. The van der Waals surface area contributed by atoms with Crippen molar-refractivity contribution in [2.24, 2.45) is 0 Å². The normalized spacial score (nSPS) is 17.0. The largest absolute Gasteiger partial charge is 0.360 e. The number of nitrogens with zero attached hydrogens (tertiary/aromatic N) is 1. The Balaban J connectivity index is 1.88. The third-order valence-electron chi connectivity index (χ3n) is 3.25. The molecule has 0 fully saturated rings. The molecule has 0 spiro atoms. The highest BCUT2D eigenvalue weighted by atomic mass is 19.1. The van der Waals surface area contributed by atoms with Gasteiger partial charge >= 0.3 is 0 Å². The molecule has 2 aromatic rings. The van der Waals surface area contributed by atoms with Crippen LogP contribution in [0, 0.1) is 12.7 Å². The highest BCUT2D eigenvalue weighted by Crippen LogP contribution is 2.33. The van der Waals surface area contributed by atoms with E-state index in [0.29, 0.717) is 17.0 Å². The van der Waals surface area contributed by atoms with Gasteiger partial charge in [-0.3, -0.25) is 9.59 Å².